The van der Waals surface area contributed by atoms with E-state index in [9.17, 15) is 4.79 Å². The average Bonchev–Trinajstić information content (AvgIpc) is 2.34. The Kier molecular flexibility index (Phi) is 6.92. The maximum Gasteiger partial charge on any atom is 0.236 e. The molecule has 1 saturated heterocycles. The van der Waals surface area contributed by atoms with E-state index in [-0.39, 0.29) is 11.9 Å². The van der Waals surface area contributed by atoms with E-state index in [1.807, 2.05) is 6.26 Å². The van der Waals surface area contributed by atoms with Crippen molar-refractivity contribution in [3.05, 3.63) is 0 Å². The summed E-state index contributed by atoms with van der Waals surface area (Å²) in [5.41, 5.74) is 5.81. The molecule has 1 atom stereocenters. The molecule has 17 heavy (non-hydrogen) atoms. The molecule has 0 aromatic heterocycles. The predicted molar refractivity (Wildman–Crippen MR) is 74.2 cm³/mol. The Morgan fingerprint density at radius 1 is 1.53 bits per heavy atom. The number of hydrogen-bond donors (Lipinski definition) is 2. The van der Waals surface area contributed by atoms with Crippen LogP contribution in [0.2, 0.25) is 0 Å². The van der Waals surface area contributed by atoms with Gasteiger partial charge in [-0.3, -0.25) is 4.79 Å². The second-order valence-electron chi connectivity index (χ2n) is 4.88. The standard InChI is InChI=1S/C12H25N3OS/c1-15-6-3-10(4-7-15)9-14-12(16)11(13)5-8-17-2/h10-11H,3-9,13H2,1-2H3,(H,14,16)/t11-/m1/s1. The topological polar surface area (TPSA) is 58.4 Å². The van der Waals surface area contributed by atoms with Gasteiger partial charge in [0.15, 0.2) is 0 Å². The molecule has 1 rings (SSSR count). The van der Waals surface area contributed by atoms with E-state index in [0.29, 0.717) is 5.92 Å². The number of piperidine rings is 1. The van der Waals surface area contributed by atoms with E-state index in [4.69, 9.17) is 5.73 Å². The van der Waals surface area contributed by atoms with Crippen molar-refractivity contribution in [1.29, 1.82) is 0 Å². The molecule has 1 amide bonds. The van der Waals surface area contributed by atoms with Crippen LogP contribution in [0.3, 0.4) is 0 Å². The van der Waals surface area contributed by atoms with Gasteiger partial charge in [0.25, 0.3) is 0 Å². The summed E-state index contributed by atoms with van der Waals surface area (Å²) in [7, 11) is 2.15. The van der Waals surface area contributed by atoms with Gasteiger partial charge in [-0.05, 0) is 57.3 Å². The highest BCUT2D eigenvalue weighted by molar-refractivity contribution is 7.98. The highest BCUT2D eigenvalue weighted by atomic mass is 32.2. The van der Waals surface area contributed by atoms with E-state index >= 15 is 0 Å². The molecule has 0 spiro atoms. The highest BCUT2D eigenvalue weighted by Crippen LogP contribution is 2.14. The summed E-state index contributed by atoms with van der Waals surface area (Å²) in [5, 5.41) is 2.98. The number of thioether (sulfide) groups is 1. The van der Waals surface area contributed by atoms with Gasteiger partial charge in [-0.25, -0.2) is 0 Å². The minimum atomic E-state index is -0.339. The second kappa shape index (κ2) is 7.95. The van der Waals surface area contributed by atoms with E-state index < -0.39 is 0 Å². The van der Waals surface area contributed by atoms with Crippen molar-refractivity contribution >= 4 is 17.7 Å². The molecule has 100 valence electrons. The molecule has 0 aromatic rings. The minimum Gasteiger partial charge on any atom is -0.354 e. The lowest BCUT2D eigenvalue weighted by Gasteiger charge is -2.29. The first-order chi connectivity index (χ1) is 8.13. The minimum absolute atomic E-state index is 0.0120. The molecule has 1 fully saturated rings. The average molecular weight is 259 g/mol. The molecule has 4 nitrogen and oxygen atoms in total. The zero-order valence-electron chi connectivity index (χ0n) is 10.9. The zero-order chi connectivity index (χ0) is 12.7. The van der Waals surface area contributed by atoms with Crippen LogP contribution in [0.1, 0.15) is 19.3 Å². The number of carbonyl (C=O) groups excluding carboxylic acids is 1. The molecule has 0 bridgehead atoms. The van der Waals surface area contributed by atoms with Crippen LogP contribution in [0.4, 0.5) is 0 Å². The summed E-state index contributed by atoms with van der Waals surface area (Å²) < 4.78 is 0. The van der Waals surface area contributed by atoms with Gasteiger partial charge in [0.2, 0.25) is 5.91 Å². The maximum absolute atomic E-state index is 11.7. The van der Waals surface area contributed by atoms with Crippen molar-refractivity contribution < 1.29 is 4.79 Å². The van der Waals surface area contributed by atoms with E-state index in [1.165, 1.54) is 12.8 Å². The van der Waals surface area contributed by atoms with Gasteiger partial charge < -0.3 is 16.0 Å². The van der Waals surface area contributed by atoms with Gasteiger partial charge in [-0.15, -0.1) is 0 Å². The van der Waals surface area contributed by atoms with Crippen LogP contribution in [-0.4, -0.2) is 55.5 Å². The third-order valence-corrected chi connectivity index (χ3v) is 4.02. The van der Waals surface area contributed by atoms with Gasteiger partial charge in [-0.2, -0.15) is 11.8 Å². The zero-order valence-corrected chi connectivity index (χ0v) is 11.8. The Balaban J connectivity index is 2.14. The van der Waals surface area contributed by atoms with Crippen molar-refractivity contribution in [2.24, 2.45) is 11.7 Å². The van der Waals surface area contributed by atoms with Crippen molar-refractivity contribution in [3.63, 3.8) is 0 Å². The van der Waals surface area contributed by atoms with Crippen molar-refractivity contribution in [2.75, 3.05) is 38.7 Å². The molecular formula is C12H25N3OS. The van der Waals surface area contributed by atoms with Gasteiger partial charge in [-0.1, -0.05) is 0 Å². The van der Waals surface area contributed by atoms with Crippen LogP contribution < -0.4 is 11.1 Å². The van der Waals surface area contributed by atoms with Gasteiger partial charge >= 0.3 is 0 Å². The summed E-state index contributed by atoms with van der Waals surface area (Å²) in [6, 6.07) is -0.339. The molecule has 5 heteroatoms. The summed E-state index contributed by atoms with van der Waals surface area (Å²) in [4.78, 5) is 14.0. The van der Waals surface area contributed by atoms with E-state index in [2.05, 4.69) is 17.3 Å². The Bertz CT molecular complexity index is 230. The molecule has 3 N–H and O–H groups in total. The lowest BCUT2D eigenvalue weighted by molar-refractivity contribution is -0.122. The molecule has 0 unspecified atom stereocenters. The fourth-order valence-electron chi connectivity index (χ4n) is 2.02. The lowest BCUT2D eigenvalue weighted by Crippen LogP contribution is -2.44. The van der Waals surface area contributed by atoms with Gasteiger partial charge in [0, 0.05) is 6.54 Å². The smallest absolute Gasteiger partial charge is 0.236 e. The number of amides is 1. The number of carbonyl (C=O) groups is 1. The van der Waals surface area contributed by atoms with Crippen LogP contribution in [0.5, 0.6) is 0 Å². The fraction of sp³-hybridized carbons (Fsp3) is 0.917. The number of rotatable bonds is 6. The highest BCUT2D eigenvalue weighted by Gasteiger charge is 2.18. The second-order valence-corrected chi connectivity index (χ2v) is 5.87. The van der Waals surface area contributed by atoms with Gasteiger partial charge in [0.1, 0.15) is 0 Å². The predicted octanol–water partition coefficient (Wildman–Crippen LogP) is 0.525. The monoisotopic (exact) mass is 259 g/mol. The molecule has 0 aliphatic carbocycles. The van der Waals surface area contributed by atoms with Crippen LogP contribution in [0.25, 0.3) is 0 Å². The largest absolute Gasteiger partial charge is 0.354 e. The molecule has 1 aliphatic rings. The molecule has 1 heterocycles. The number of hydrogen-bond acceptors (Lipinski definition) is 4. The van der Waals surface area contributed by atoms with E-state index in [0.717, 1.165) is 31.8 Å². The first-order valence-corrected chi connectivity index (χ1v) is 7.73. The van der Waals surface area contributed by atoms with Crippen LogP contribution in [0, 0.1) is 5.92 Å². The van der Waals surface area contributed by atoms with Crippen molar-refractivity contribution in [3.8, 4) is 0 Å². The summed E-state index contributed by atoms with van der Waals surface area (Å²) >= 11 is 1.73. The first-order valence-electron chi connectivity index (χ1n) is 6.34. The molecule has 1 aliphatic heterocycles. The number of nitrogens with one attached hydrogen (secondary N) is 1. The molecule has 0 aromatic carbocycles. The maximum atomic E-state index is 11.7. The van der Waals surface area contributed by atoms with Crippen LogP contribution in [0.15, 0.2) is 0 Å². The molecular weight excluding hydrogens is 234 g/mol. The fourth-order valence-corrected chi connectivity index (χ4v) is 2.51. The summed E-state index contributed by atoms with van der Waals surface area (Å²) in [6.07, 6.45) is 5.15. The number of likely N-dealkylation sites (tertiary alicyclic amines) is 1. The third kappa shape index (κ3) is 5.75. The first kappa shape index (κ1) is 14.8. The molecule has 0 radical (unpaired) electrons. The normalized spacial score (nSPS) is 20.2. The summed E-state index contributed by atoms with van der Waals surface area (Å²) in [6.45, 7) is 3.07. The summed E-state index contributed by atoms with van der Waals surface area (Å²) in [5.74, 6) is 1.59. The SMILES string of the molecule is CSCC[C@@H](N)C(=O)NCC1CCN(C)CC1. The number of nitrogens with zero attached hydrogens (tertiary/aromatic N) is 1. The van der Waals surface area contributed by atoms with Crippen LogP contribution >= 0.6 is 11.8 Å². The Morgan fingerprint density at radius 2 is 2.18 bits per heavy atom. The lowest BCUT2D eigenvalue weighted by atomic mass is 9.97. The Labute approximate surface area is 109 Å². The van der Waals surface area contributed by atoms with Gasteiger partial charge in [0.05, 0.1) is 6.04 Å². The third-order valence-electron chi connectivity index (χ3n) is 3.37. The van der Waals surface area contributed by atoms with Crippen molar-refractivity contribution in [2.45, 2.75) is 25.3 Å². The van der Waals surface area contributed by atoms with E-state index in [1.54, 1.807) is 11.8 Å². The Hall–Kier alpha value is -0.260. The quantitative estimate of drug-likeness (QED) is 0.730. The van der Waals surface area contributed by atoms with Crippen molar-refractivity contribution in [1.82, 2.24) is 10.2 Å². The Morgan fingerprint density at radius 3 is 2.76 bits per heavy atom. The van der Waals surface area contributed by atoms with Crippen LogP contribution in [-0.2, 0) is 4.79 Å². The number of nitrogens with two attached hydrogens (primary N) is 1. The molecule has 0 saturated carbocycles.